The third-order valence-electron chi connectivity index (χ3n) is 3.05. The van der Waals surface area contributed by atoms with Gasteiger partial charge in [0.2, 0.25) is 0 Å². The summed E-state index contributed by atoms with van der Waals surface area (Å²) in [6, 6.07) is 9.62. The zero-order valence-electron chi connectivity index (χ0n) is 12.0. The molecule has 0 saturated carbocycles. The van der Waals surface area contributed by atoms with Crippen LogP contribution in [0.25, 0.3) is 22.5 Å². The summed E-state index contributed by atoms with van der Waals surface area (Å²) in [5.41, 5.74) is 1.83. The molecule has 0 amide bonds. The Hall–Kier alpha value is -2.80. The van der Waals surface area contributed by atoms with Crippen molar-refractivity contribution >= 4 is 16.7 Å². The van der Waals surface area contributed by atoms with E-state index < -0.39 is 0 Å². The van der Waals surface area contributed by atoms with E-state index in [0.29, 0.717) is 11.6 Å². The van der Waals surface area contributed by atoms with Crippen LogP contribution in [0.2, 0.25) is 0 Å². The second kappa shape index (κ2) is 5.68. The molecule has 3 rings (SSSR count). The number of nitrogens with one attached hydrogen (secondary N) is 1. The van der Waals surface area contributed by atoms with Crippen LogP contribution in [-0.4, -0.2) is 16.5 Å². The fourth-order valence-electron chi connectivity index (χ4n) is 2.17. The first-order valence-corrected chi connectivity index (χ1v) is 6.84. The highest BCUT2D eigenvalue weighted by atomic mass is 16.3. The van der Waals surface area contributed by atoms with Gasteiger partial charge in [0, 0.05) is 17.5 Å². The summed E-state index contributed by atoms with van der Waals surface area (Å²) < 4.78 is 5.39. The maximum absolute atomic E-state index is 5.39. The number of aromatic nitrogens is 2. The first-order valence-electron chi connectivity index (χ1n) is 6.84. The van der Waals surface area contributed by atoms with Crippen LogP contribution in [0.3, 0.4) is 0 Å². The number of rotatable bonds is 3. The smallest absolute Gasteiger partial charge is 0.198 e. The maximum Gasteiger partial charge on any atom is 0.198 e. The minimum Gasteiger partial charge on any atom is -0.461 e. The van der Waals surface area contributed by atoms with Gasteiger partial charge < -0.3 is 9.73 Å². The van der Waals surface area contributed by atoms with Crippen molar-refractivity contribution in [2.24, 2.45) is 0 Å². The molecule has 0 spiro atoms. The lowest BCUT2D eigenvalue weighted by atomic mass is 10.1. The third-order valence-corrected chi connectivity index (χ3v) is 3.05. The Morgan fingerprint density at radius 1 is 1.24 bits per heavy atom. The van der Waals surface area contributed by atoms with Crippen molar-refractivity contribution in [3.63, 3.8) is 0 Å². The average molecular weight is 277 g/mol. The molecule has 1 N–H and O–H groups in total. The van der Waals surface area contributed by atoms with E-state index in [0.717, 1.165) is 28.8 Å². The van der Waals surface area contributed by atoms with Gasteiger partial charge in [0.25, 0.3) is 0 Å². The van der Waals surface area contributed by atoms with Crippen LogP contribution < -0.4 is 5.32 Å². The van der Waals surface area contributed by atoms with Crippen molar-refractivity contribution in [3.05, 3.63) is 42.2 Å². The molecule has 0 atom stereocenters. The minimum absolute atomic E-state index is 0.581. The summed E-state index contributed by atoms with van der Waals surface area (Å²) in [7, 11) is 0. The van der Waals surface area contributed by atoms with Crippen LogP contribution in [0, 0.1) is 11.8 Å². The van der Waals surface area contributed by atoms with Crippen molar-refractivity contribution in [2.45, 2.75) is 13.8 Å². The largest absolute Gasteiger partial charge is 0.461 e. The molecular formula is C17H15N3O. The summed E-state index contributed by atoms with van der Waals surface area (Å²) in [5.74, 6) is 8.01. The number of furan rings is 1. The second-order valence-electron chi connectivity index (χ2n) is 4.51. The van der Waals surface area contributed by atoms with E-state index in [4.69, 9.17) is 4.42 Å². The highest BCUT2D eigenvalue weighted by molar-refractivity contribution is 5.91. The van der Waals surface area contributed by atoms with Crippen LogP contribution in [0.1, 0.15) is 19.4 Å². The van der Waals surface area contributed by atoms with Gasteiger partial charge in [0.15, 0.2) is 11.6 Å². The molecule has 1 aromatic carbocycles. The van der Waals surface area contributed by atoms with Crippen LogP contribution in [0.15, 0.2) is 41.0 Å². The Kier molecular flexibility index (Phi) is 3.57. The highest BCUT2D eigenvalue weighted by Crippen LogP contribution is 2.26. The number of hydrogen-bond acceptors (Lipinski definition) is 4. The predicted molar refractivity (Wildman–Crippen MR) is 84.0 cm³/mol. The van der Waals surface area contributed by atoms with E-state index in [1.54, 1.807) is 6.26 Å². The molecule has 0 aliphatic heterocycles. The van der Waals surface area contributed by atoms with Gasteiger partial charge in [0.1, 0.15) is 5.82 Å². The standard InChI is InChI=1S/C17H15N3O/c1-3-6-12-8-9-14-13(11-12)16(18-4-2)20-17(19-14)15-7-5-10-21-15/h5,7-11H,4H2,1-2H3,(H,18,19,20). The van der Waals surface area contributed by atoms with Gasteiger partial charge in [-0.15, -0.1) is 5.92 Å². The van der Waals surface area contributed by atoms with Gasteiger partial charge in [-0.25, -0.2) is 9.97 Å². The Balaban J connectivity index is 2.22. The second-order valence-corrected chi connectivity index (χ2v) is 4.51. The van der Waals surface area contributed by atoms with Gasteiger partial charge in [-0.3, -0.25) is 0 Å². The Morgan fingerprint density at radius 2 is 2.14 bits per heavy atom. The molecule has 4 heteroatoms. The third kappa shape index (κ3) is 2.59. The number of anilines is 1. The van der Waals surface area contributed by atoms with Gasteiger partial charge in [0.05, 0.1) is 11.8 Å². The van der Waals surface area contributed by atoms with Gasteiger partial charge in [-0.05, 0) is 44.2 Å². The molecule has 2 heterocycles. The highest BCUT2D eigenvalue weighted by Gasteiger charge is 2.11. The zero-order valence-corrected chi connectivity index (χ0v) is 12.0. The van der Waals surface area contributed by atoms with Crippen LogP contribution in [0.4, 0.5) is 5.82 Å². The first-order chi connectivity index (χ1) is 10.3. The number of nitrogens with zero attached hydrogens (tertiary/aromatic N) is 2. The molecule has 3 aromatic rings. The van der Waals surface area contributed by atoms with E-state index in [1.165, 1.54) is 0 Å². The Morgan fingerprint density at radius 3 is 2.86 bits per heavy atom. The number of fused-ring (bicyclic) bond motifs is 1. The van der Waals surface area contributed by atoms with E-state index in [9.17, 15) is 0 Å². The molecule has 0 aliphatic carbocycles. The van der Waals surface area contributed by atoms with Crippen LogP contribution in [-0.2, 0) is 0 Å². The molecule has 4 nitrogen and oxygen atoms in total. The van der Waals surface area contributed by atoms with E-state index in [2.05, 4.69) is 27.1 Å². The minimum atomic E-state index is 0.581. The fourth-order valence-corrected chi connectivity index (χ4v) is 2.17. The first kappa shape index (κ1) is 13.2. The van der Waals surface area contributed by atoms with E-state index in [1.807, 2.05) is 44.2 Å². The normalized spacial score (nSPS) is 10.2. The summed E-state index contributed by atoms with van der Waals surface area (Å²) in [6.45, 7) is 4.65. The average Bonchev–Trinajstić information content (AvgIpc) is 3.02. The predicted octanol–water partition coefficient (Wildman–Crippen LogP) is 3.69. The molecule has 0 fully saturated rings. The molecule has 0 aliphatic rings. The monoisotopic (exact) mass is 277 g/mol. The summed E-state index contributed by atoms with van der Waals surface area (Å²) >= 11 is 0. The molecular weight excluding hydrogens is 262 g/mol. The Labute approximate surface area is 123 Å². The van der Waals surface area contributed by atoms with Gasteiger partial charge in [-0.2, -0.15) is 0 Å². The summed E-state index contributed by atoms with van der Waals surface area (Å²) in [4.78, 5) is 9.14. The topological polar surface area (TPSA) is 51.0 Å². The van der Waals surface area contributed by atoms with E-state index in [-0.39, 0.29) is 0 Å². The van der Waals surface area contributed by atoms with Crippen LogP contribution in [0.5, 0.6) is 0 Å². The quantitative estimate of drug-likeness (QED) is 0.742. The number of benzene rings is 1. The van der Waals surface area contributed by atoms with Crippen molar-refractivity contribution < 1.29 is 4.42 Å². The summed E-state index contributed by atoms with van der Waals surface area (Å²) in [5, 5.41) is 4.25. The lowest BCUT2D eigenvalue weighted by molar-refractivity contribution is 0.577. The van der Waals surface area contributed by atoms with Crippen molar-refractivity contribution in [1.82, 2.24) is 9.97 Å². The summed E-state index contributed by atoms with van der Waals surface area (Å²) in [6.07, 6.45) is 1.62. The molecule has 104 valence electrons. The SMILES string of the molecule is CC#Cc1ccc2nc(-c3ccco3)nc(NCC)c2c1. The lowest BCUT2D eigenvalue weighted by Crippen LogP contribution is -2.03. The van der Waals surface area contributed by atoms with Crippen molar-refractivity contribution in [2.75, 3.05) is 11.9 Å². The molecule has 2 aromatic heterocycles. The molecule has 0 radical (unpaired) electrons. The lowest BCUT2D eigenvalue weighted by Gasteiger charge is -2.09. The van der Waals surface area contributed by atoms with Gasteiger partial charge >= 0.3 is 0 Å². The van der Waals surface area contributed by atoms with Crippen molar-refractivity contribution in [3.8, 4) is 23.4 Å². The van der Waals surface area contributed by atoms with Crippen LogP contribution >= 0.6 is 0 Å². The molecule has 21 heavy (non-hydrogen) atoms. The Bertz CT molecular complexity index is 826. The number of hydrogen-bond donors (Lipinski definition) is 1. The maximum atomic E-state index is 5.39. The fraction of sp³-hybridized carbons (Fsp3) is 0.176. The molecule has 0 unspecified atom stereocenters. The zero-order chi connectivity index (χ0) is 14.7. The van der Waals surface area contributed by atoms with E-state index >= 15 is 0 Å². The molecule has 0 saturated heterocycles. The van der Waals surface area contributed by atoms with Crippen molar-refractivity contribution in [1.29, 1.82) is 0 Å². The van der Waals surface area contributed by atoms with Gasteiger partial charge in [-0.1, -0.05) is 5.92 Å². The molecule has 0 bridgehead atoms.